The SMILES string of the molecule is CN(CCN(C)C(=O)c1cnc(C2CC2)[nH]c1=O)C(=O)CCC1CC1. The number of carbonyl (C=O) groups excluding carboxylic acids is 2. The van der Waals surface area contributed by atoms with Crippen LogP contribution in [-0.4, -0.2) is 58.8 Å². The highest BCUT2D eigenvalue weighted by molar-refractivity contribution is 5.93. The van der Waals surface area contributed by atoms with E-state index in [2.05, 4.69) is 9.97 Å². The van der Waals surface area contributed by atoms with Crippen molar-refractivity contribution in [1.29, 1.82) is 0 Å². The van der Waals surface area contributed by atoms with Crippen molar-refractivity contribution in [1.82, 2.24) is 19.8 Å². The average molecular weight is 346 g/mol. The first-order valence-electron chi connectivity index (χ1n) is 9.04. The number of hydrogen-bond donors (Lipinski definition) is 1. The minimum Gasteiger partial charge on any atom is -0.344 e. The van der Waals surface area contributed by atoms with Crippen LogP contribution in [0.25, 0.3) is 0 Å². The van der Waals surface area contributed by atoms with E-state index in [1.165, 1.54) is 23.9 Å². The maximum absolute atomic E-state index is 12.4. The maximum Gasteiger partial charge on any atom is 0.263 e. The monoisotopic (exact) mass is 346 g/mol. The quantitative estimate of drug-likeness (QED) is 0.770. The molecule has 1 N–H and O–H groups in total. The number of nitrogens with one attached hydrogen (secondary N) is 1. The lowest BCUT2D eigenvalue weighted by Gasteiger charge is -2.22. The Balaban J connectivity index is 1.49. The molecule has 0 spiro atoms. The number of rotatable bonds is 8. The van der Waals surface area contributed by atoms with Gasteiger partial charge in [0.25, 0.3) is 11.5 Å². The van der Waals surface area contributed by atoms with Crippen LogP contribution < -0.4 is 5.56 Å². The van der Waals surface area contributed by atoms with E-state index in [0.717, 1.165) is 25.2 Å². The summed E-state index contributed by atoms with van der Waals surface area (Å²) in [6, 6.07) is 0. The molecule has 2 aliphatic rings. The summed E-state index contributed by atoms with van der Waals surface area (Å²) in [4.78, 5) is 46.6. The molecule has 2 fully saturated rings. The summed E-state index contributed by atoms with van der Waals surface area (Å²) < 4.78 is 0. The average Bonchev–Trinajstić information content (AvgIpc) is 3.49. The van der Waals surface area contributed by atoms with Crippen molar-refractivity contribution in [2.24, 2.45) is 5.92 Å². The zero-order valence-corrected chi connectivity index (χ0v) is 15.0. The Morgan fingerprint density at radius 3 is 2.44 bits per heavy atom. The molecule has 25 heavy (non-hydrogen) atoms. The van der Waals surface area contributed by atoms with Crippen LogP contribution in [-0.2, 0) is 4.79 Å². The van der Waals surface area contributed by atoms with Gasteiger partial charge in [-0.2, -0.15) is 0 Å². The maximum atomic E-state index is 12.4. The second kappa shape index (κ2) is 7.37. The summed E-state index contributed by atoms with van der Waals surface area (Å²) in [5.74, 6) is 1.49. The molecule has 7 heteroatoms. The highest BCUT2D eigenvalue weighted by Gasteiger charge is 2.27. The van der Waals surface area contributed by atoms with Crippen LogP contribution in [0.15, 0.2) is 11.0 Å². The molecule has 3 rings (SSSR count). The Morgan fingerprint density at radius 1 is 1.16 bits per heavy atom. The van der Waals surface area contributed by atoms with Gasteiger partial charge in [0, 0.05) is 45.7 Å². The van der Waals surface area contributed by atoms with Gasteiger partial charge in [0.1, 0.15) is 11.4 Å². The van der Waals surface area contributed by atoms with E-state index in [9.17, 15) is 14.4 Å². The fourth-order valence-electron chi connectivity index (χ4n) is 2.78. The molecule has 2 saturated carbocycles. The summed E-state index contributed by atoms with van der Waals surface area (Å²) in [7, 11) is 3.39. The lowest BCUT2D eigenvalue weighted by atomic mass is 10.2. The van der Waals surface area contributed by atoms with Crippen LogP contribution in [0, 0.1) is 5.92 Å². The Bertz CT molecular complexity index is 707. The third-order valence-electron chi connectivity index (χ3n) is 5.02. The molecule has 0 atom stereocenters. The Morgan fingerprint density at radius 2 is 1.84 bits per heavy atom. The van der Waals surface area contributed by atoms with E-state index in [-0.39, 0.29) is 22.9 Å². The first kappa shape index (κ1) is 17.6. The van der Waals surface area contributed by atoms with Crippen LogP contribution >= 0.6 is 0 Å². The Labute approximate surface area is 147 Å². The van der Waals surface area contributed by atoms with Crippen LogP contribution in [0.2, 0.25) is 0 Å². The predicted octanol–water partition coefficient (Wildman–Crippen LogP) is 1.37. The van der Waals surface area contributed by atoms with Gasteiger partial charge in [0.05, 0.1) is 0 Å². The second-order valence-corrected chi connectivity index (χ2v) is 7.31. The number of aromatic amines is 1. The second-order valence-electron chi connectivity index (χ2n) is 7.31. The van der Waals surface area contributed by atoms with E-state index in [1.807, 2.05) is 0 Å². The first-order valence-corrected chi connectivity index (χ1v) is 9.04. The summed E-state index contributed by atoms with van der Waals surface area (Å²) in [5, 5.41) is 0. The molecule has 0 aromatic carbocycles. The van der Waals surface area contributed by atoms with Crippen molar-refractivity contribution in [3.05, 3.63) is 27.9 Å². The summed E-state index contributed by atoms with van der Waals surface area (Å²) in [6.07, 6.45) is 7.48. The molecule has 0 radical (unpaired) electrons. The molecule has 0 aliphatic heterocycles. The van der Waals surface area contributed by atoms with Crippen LogP contribution in [0.3, 0.4) is 0 Å². The molecule has 7 nitrogen and oxygen atoms in total. The lowest BCUT2D eigenvalue weighted by molar-refractivity contribution is -0.130. The van der Waals surface area contributed by atoms with Crippen LogP contribution in [0.5, 0.6) is 0 Å². The number of likely N-dealkylation sites (N-methyl/N-ethyl adjacent to an activating group) is 2. The molecule has 1 heterocycles. The molecular weight excluding hydrogens is 320 g/mol. The van der Waals surface area contributed by atoms with Gasteiger partial charge < -0.3 is 14.8 Å². The van der Waals surface area contributed by atoms with E-state index in [4.69, 9.17) is 0 Å². The summed E-state index contributed by atoms with van der Waals surface area (Å²) >= 11 is 0. The summed E-state index contributed by atoms with van der Waals surface area (Å²) in [6.45, 7) is 0.839. The third kappa shape index (κ3) is 4.67. The minimum absolute atomic E-state index is 0.0506. The van der Waals surface area contributed by atoms with Crippen molar-refractivity contribution in [3.63, 3.8) is 0 Å². The topological polar surface area (TPSA) is 86.4 Å². The van der Waals surface area contributed by atoms with Gasteiger partial charge >= 0.3 is 0 Å². The van der Waals surface area contributed by atoms with Crippen molar-refractivity contribution < 1.29 is 9.59 Å². The fourth-order valence-corrected chi connectivity index (χ4v) is 2.78. The largest absolute Gasteiger partial charge is 0.344 e. The van der Waals surface area contributed by atoms with E-state index in [1.54, 1.807) is 19.0 Å². The van der Waals surface area contributed by atoms with Crippen molar-refractivity contribution in [3.8, 4) is 0 Å². The molecule has 2 aliphatic carbocycles. The van der Waals surface area contributed by atoms with E-state index >= 15 is 0 Å². The number of amides is 2. The van der Waals surface area contributed by atoms with Gasteiger partial charge in [0.15, 0.2) is 0 Å². The molecular formula is C18H26N4O3. The molecule has 136 valence electrons. The number of H-pyrrole nitrogens is 1. The van der Waals surface area contributed by atoms with Crippen molar-refractivity contribution in [2.75, 3.05) is 27.2 Å². The molecule has 0 unspecified atom stereocenters. The van der Waals surface area contributed by atoms with Crippen LogP contribution in [0.4, 0.5) is 0 Å². The van der Waals surface area contributed by atoms with E-state index < -0.39 is 0 Å². The fraction of sp³-hybridized carbons (Fsp3) is 0.667. The number of hydrogen-bond acceptors (Lipinski definition) is 4. The minimum atomic E-state index is -0.386. The van der Waals surface area contributed by atoms with Gasteiger partial charge in [0.2, 0.25) is 5.91 Å². The van der Waals surface area contributed by atoms with Crippen molar-refractivity contribution in [2.45, 2.75) is 44.4 Å². The number of carbonyl (C=O) groups is 2. The molecule has 0 saturated heterocycles. The number of aromatic nitrogens is 2. The smallest absolute Gasteiger partial charge is 0.263 e. The molecule has 0 bridgehead atoms. The van der Waals surface area contributed by atoms with Crippen LogP contribution in [0.1, 0.15) is 60.6 Å². The molecule has 2 amide bonds. The first-order chi connectivity index (χ1) is 12.0. The van der Waals surface area contributed by atoms with Gasteiger partial charge in [-0.1, -0.05) is 12.8 Å². The summed E-state index contributed by atoms with van der Waals surface area (Å²) in [5.41, 5.74) is -0.336. The van der Waals surface area contributed by atoms with E-state index in [0.29, 0.717) is 31.3 Å². The Kier molecular flexibility index (Phi) is 5.20. The highest BCUT2D eigenvalue weighted by Crippen LogP contribution is 2.37. The predicted molar refractivity (Wildman–Crippen MR) is 93.4 cm³/mol. The number of nitrogens with zero attached hydrogens (tertiary/aromatic N) is 3. The van der Waals surface area contributed by atoms with Gasteiger partial charge in [-0.05, 0) is 25.2 Å². The Hall–Kier alpha value is -2.18. The van der Waals surface area contributed by atoms with Gasteiger partial charge in [-0.25, -0.2) is 4.98 Å². The van der Waals surface area contributed by atoms with Crippen molar-refractivity contribution >= 4 is 11.8 Å². The zero-order chi connectivity index (χ0) is 18.0. The lowest BCUT2D eigenvalue weighted by Crippen LogP contribution is -2.39. The standard InChI is InChI=1S/C18H26N4O3/c1-21(15(23)8-5-12-3-4-12)9-10-22(2)18(25)14-11-19-16(13-6-7-13)20-17(14)24/h11-13H,3-10H2,1-2H3,(H,19,20,24). The third-order valence-corrected chi connectivity index (χ3v) is 5.02. The zero-order valence-electron chi connectivity index (χ0n) is 15.0. The van der Waals surface area contributed by atoms with Gasteiger partial charge in [-0.15, -0.1) is 0 Å². The molecule has 1 aromatic rings. The normalized spacial score (nSPS) is 16.6. The van der Waals surface area contributed by atoms with Gasteiger partial charge in [-0.3, -0.25) is 14.4 Å². The highest BCUT2D eigenvalue weighted by atomic mass is 16.2. The molecule has 1 aromatic heterocycles.